The van der Waals surface area contributed by atoms with Crippen molar-refractivity contribution in [3.05, 3.63) is 29.8 Å². The topological polar surface area (TPSA) is 44.5 Å². The molecule has 3 nitrogen and oxygen atoms in total. The van der Waals surface area contributed by atoms with Gasteiger partial charge in [-0.3, -0.25) is 0 Å². The van der Waals surface area contributed by atoms with Crippen molar-refractivity contribution < 1.29 is 9.47 Å². The summed E-state index contributed by atoms with van der Waals surface area (Å²) < 4.78 is 11.1. The van der Waals surface area contributed by atoms with E-state index in [4.69, 9.17) is 15.2 Å². The standard InChI is InChI=1S/C13H19NO2/c1-10(14)12-3-2-4-13(7-12)16-9-11-5-6-15-8-11/h2-4,7,10-11H,5-6,8-9,14H2,1H3/t10-,11?/m0/s1. The normalized spacial score (nSPS) is 22.0. The van der Waals surface area contributed by atoms with E-state index in [1.165, 1.54) is 0 Å². The quantitative estimate of drug-likeness (QED) is 0.847. The average molecular weight is 221 g/mol. The molecule has 1 aliphatic rings. The van der Waals surface area contributed by atoms with Crippen molar-refractivity contribution in [2.75, 3.05) is 19.8 Å². The number of ether oxygens (including phenoxy) is 2. The Kier molecular flexibility index (Phi) is 3.80. The van der Waals surface area contributed by atoms with Crippen molar-refractivity contribution in [1.29, 1.82) is 0 Å². The van der Waals surface area contributed by atoms with Crippen LogP contribution in [0.1, 0.15) is 24.9 Å². The minimum atomic E-state index is 0.0540. The van der Waals surface area contributed by atoms with E-state index in [-0.39, 0.29) is 6.04 Å². The Morgan fingerprint density at radius 1 is 1.56 bits per heavy atom. The Labute approximate surface area is 96.5 Å². The molecule has 0 amide bonds. The van der Waals surface area contributed by atoms with E-state index in [1.54, 1.807) is 0 Å². The van der Waals surface area contributed by atoms with Crippen LogP contribution >= 0.6 is 0 Å². The van der Waals surface area contributed by atoms with E-state index < -0.39 is 0 Å². The summed E-state index contributed by atoms with van der Waals surface area (Å²) in [5.74, 6) is 1.45. The van der Waals surface area contributed by atoms with Gasteiger partial charge in [0, 0.05) is 18.6 Å². The van der Waals surface area contributed by atoms with Gasteiger partial charge in [-0.15, -0.1) is 0 Å². The van der Waals surface area contributed by atoms with Gasteiger partial charge in [0.1, 0.15) is 5.75 Å². The van der Waals surface area contributed by atoms with E-state index in [9.17, 15) is 0 Å². The Balaban J connectivity index is 1.90. The minimum Gasteiger partial charge on any atom is -0.493 e. The van der Waals surface area contributed by atoms with Gasteiger partial charge in [0.2, 0.25) is 0 Å². The zero-order chi connectivity index (χ0) is 11.4. The number of hydrogen-bond acceptors (Lipinski definition) is 3. The second-order valence-electron chi connectivity index (χ2n) is 4.40. The van der Waals surface area contributed by atoms with Crippen molar-refractivity contribution >= 4 is 0 Å². The van der Waals surface area contributed by atoms with Gasteiger partial charge < -0.3 is 15.2 Å². The Morgan fingerprint density at radius 2 is 2.44 bits per heavy atom. The average Bonchev–Trinajstić information content (AvgIpc) is 2.79. The van der Waals surface area contributed by atoms with E-state index in [0.717, 1.165) is 37.6 Å². The number of benzene rings is 1. The largest absolute Gasteiger partial charge is 0.493 e. The summed E-state index contributed by atoms with van der Waals surface area (Å²) in [5, 5.41) is 0. The van der Waals surface area contributed by atoms with Gasteiger partial charge in [-0.25, -0.2) is 0 Å². The van der Waals surface area contributed by atoms with Crippen molar-refractivity contribution in [2.45, 2.75) is 19.4 Å². The second-order valence-corrected chi connectivity index (χ2v) is 4.40. The third-order valence-electron chi connectivity index (χ3n) is 2.89. The van der Waals surface area contributed by atoms with Gasteiger partial charge >= 0.3 is 0 Å². The molecule has 0 saturated carbocycles. The maximum Gasteiger partial charge on any atom is 0.119 e. The van der Waals surface area contributed by atoms with Gasteiger partial charge in [0.25, 0.3) is 0 Å². The highest BCUT2D eigenvalue weighted by Crippen LogP contribution is 2.19. The Bertz CT molecular complexity index is 332. The van der Waals surface area contributed by atoms with Crippen molar-refractivity contribution in [1.82, 2.24) is 0 Å². The van der Waals surface area contributed by atoms with E-state index in [2.05, 4.69) is 0 Å². The van der Waals surface area contributed by atoms with Crippen molar-refractivity contribution in [3.63, 3.8) is 0 Å². The summed E-state index contributed by atoms with van der Waals surface area (Å²) in [5.41, 5.74) is 6.94. The highest BCUT2D eigenvalue weighted by Gasteiger charge is 2.16. The molecule has 0 bridgehead atoms. The van der Waals surface area contributed by atoms with Gasteiger partial charge in [-0.1, -0.05) is 12.1 Å². The first kappa shape index (κ1) is 11.4. The molecule has 16 heavy (non-hydrogen) atoms. The van der Waals surface area contributed by atoms with Crippen LogP contribution in [0.4, 0.5) is 0 Å². The fourth-order valence-electron chi connectivity index (χ4n) is 1.82. The van der Waals surface area contributed by atoms with E-state index in [1.807, 2.05) is 31.2 Å². The lowest BCUT2D eigenvalue weighted by molar-refractivity contribution is 0.167. The first-order valence-corrected chi connectivity index (χ1v) is 5.82. The van der Waals surface area contributed by atoms with Crippen LogP contribution in [0, 0.1) is 5.92 Å². The van der Waals surface area contributed by atoms with Crippen LogP contribution in [-0.4, -0.2) is 19.8 Å². The summed E-state index contributed by atoms with van der Waals surface area (Å²) in [7, 11) is 0. The summed E-state index contributed by atoms with van der Waals surface area (Å²) in [4.78, 5) is 0. The lowest BCUT2D eigenvalue weighted by Gasteiger charge is -2.12. The van der Waals surface area contributed by atoms with E-state index in [0.29, 0.717) is 5.92 Å². The Hall–Kier alpha value is -1.06. The maximum absolute atomic E-state index is 5.83. The fraction of sp³-hybridized carbons (Fsp3) is 0.538. The van der Waals surface area contributed by atoms with Gasteiger partial charge in [0.05, 0.1) is 13.2 Å². The minimum absolute atomic E-state index is 0.0540. The highest BCUT2D eigenvalue weighted by atomic mass is 16.5. The molecule has 2 atom stereocenters. The maximum atomic E-state index is 5.83. The van der Waals surface area contributed by atoms with Crippen LogP contribution in [0.2, 0.25) is 0 Å². The third-order valence-corrected chi connectivity index (χ3v) is 2.89. The molecule has 0 radical (unpaired) electrons. The first-order chi connectivity index (χ1) is 7.75. The molecule has 1 unspecified atom stereocenters. The third kappa shape index (κ3) is 2.97. The van der Waals surface area contributed by atoms with E-state index >= 15 is 0 Å². The molecule has 0 aromatic heterocycles. The zero-order valence-corrected chi connectivity index (χ0v) is 9.69. The highest BCUT2D eigenvalue weighted by molar-refractivity contribution is 5.30. The van der Waals surface area contributed by atoms with Crippen LogP contribution in [0.15, 0.2) is 24.3 Å². The molecule has 0 spiro atoms. The molecule has 1 fully saturated rings. The lowest BCUT2D eigenvalue weighted by atomic mass is 10.1. The molecule has 3 heteroatoms. The van der Waals surface area contributed by atoms with Crippen molar-refractivity contribution in [3.8, 4) is 5.75 Å². The molecule has 2 N–H and O–H groups in total. The smallest absolute Gasteiger partial charge is 0.119 e. The molecular weight excluding hydrogens is 202 g/mol. The zero-order valence-electron chi connectivity index (χ0n) is 9.69. The molecule has 1 saturated heterocycles. The molecule has 88 valence electrons. The second kappa shape index (κ2) is 5.32. The molecule has 1 aromatic carbocycles. The molecule has 1 aromatic rings. The molecule has 1 aliphatic heterocycles. The monoisotopic (exact) mass is 221 g/mol. The summed E-state index contributed by atoms with van der Waals surface area (Å²) in [6.07, 6.45) is 1.10. The number of nitrogens with two attached hydrogens (primary N) is 1. The number of hydrogen-bond donors (Lipinski definition) is 1. The van der Waals surface area contributed by atoms with Crippen LogP contribution in [0.3, 0.4) is 0 Å². The molecular formula is C13H19NO2. The molecule has 0 aliphatic carbocycles. The first-order valence-electron chi connectivity index (χ1n) is 5.82. The lowest BCUT2D eigenvalue weighted by Crippen LogP contribution is -2.12. The number of rotatable bonds is 4. The van der Waals surface area contributed by atoms with Crippen molar-refractivity contribution in [2.24, 2.45) is 11.7 Å². The predicted molar refractivity (Wildman–Crippen MR) is 63.5 cm³/mol. The summed E-state index contributed by atoms with van der Waals surface area (Å²) in [6, 6.07) is 8.05. The fourth-order valence-corrected chi connectivity index (χ4v) is 1.82. The van der Waals surface area contributed by atoms with Crippen LogP contribution in [0.5, 0.6) is 5.75 Å². The predicted octanol–water partition coefficient (Wildman–Crippen LogP) is 2.12. The van der Waals surface area contributed by atoms with Crippen LogP contribution in [-0.2, 0) is 4.74 Å². The summed E-state index contributed by atoms with van der Waals surface area (Å²) in [6.45, 7) is 4.41. The Morgan fingerprint density at radius 3 is 3.12 bits per heavy atom. The molecule has 2 rings (SSSR count). The van der Waals surface area contributed by atoms with Gasteiger partial charge in [0.15, 0.2) is 0 Å². The SMILES string of the molecule is C[C@H](N)c1cccc(OCC2CCOC2)c1. The van der Waals surface area contributed by atoms with Gasteiger partial charge in [-0.2, -0.15) is 0 Å². The summed E-state index contributed by atoms with van der Waals surface area (Å²) >= 11 is 0. The molecule has 1 heterocycles. The van der Waals surface area contributed by atoms with Crippen LogP contribution < -0.4 is 10.5 Å². The van der Waals surface area contributed by atoms with Gasteiger partial charge in [-0.05, 0) is 31.0 Å². The van der Waals surface area contributed by atoms with Crippen LogP contribution in [0.25, 0.3) is 0 Å².